The third-order valence-corrected chi connectivity index (χ3v) is 7.03. The van der Waals surface area contributed by atoms with Crippen LogP contribution in [0.2, 0.25) is 0 Å². The summed E-state index contributed by atoms with van der Waals surface area (Å²) in [5, 5.41) is 0. The van der Waals surface area contributed by atoms with Crippen molar-refractivity contribution in [3.8, 4) is 0 Å². The molecule has 3 aliphatic heterocycles. The Morgan fingerprint density at radius 1 is 1.25 bits per heavy atom. The fraction of sp³-hybridized carbons (Fsp3) is 0.611. The minimum atomic E-state index is -0.593. The zero-order chi connectivity index (χ0) is 19.7. The molecule has 0 unspecified atom stereocenters. The van der Waals surface area contributed by atoms with E-state index < -0.39 is 12.0 Å². The minimum Gasteiger partial charge on any atom is -0.454 e. The van der Waals surface area contributed by atoms with E-state index in [0.29, 0.717) is 44.3 Å². The lowest BCUT2D eigenvalue weighted by Crippen LogP contribution is -2.51. The fourth-order valence-electron chi connectivity index (χ4n) is 3.93. The Bertz CT molecular complexity index is 770. The summed E-state index contributed by atoms with van der Waals surface area (Å²) in [5.41, 5.74) is 0. The molecule has 0 saturated carbocycles. The lowest BCUT2D eigenvalue weighted by molar-refractivity contribution is -0.158. The van der Waals surface area contributed by atoms with Gasteiger partial charge in [0.1, 0.15) is 6.04 Å². The largest absolute Gasteiger partial charge is 0.454 e. The van der Waals surface area contributed by atoms with Gasteiger partial charge in [0.05, 0.1) is 4.87 Å². The van der Waals surface area contributed by atoms with Gasteiger partial charge in [-0.05, 0) is 19.4 Å². The molecular weight excluding hydrogens is 382 g/mol. The first-order valence-electron chi connectivity index (χ1n) is 9.40. The van der Waals surface area contributed by atoms with Gasteiger partial charge in [-0.3, -0.25) is 9.59 Å². The molecule has 2 atom stereocenters. The zero-order valence-corrected chi connectivity index (χ0v) is 16.6. The molecule has 4 heterocycles. The Morgan fingerprint density at radius 2 is 1.96 bits per heavy atom. The Morgan fingerprint density at radius 3 is 2.68 bits per heavy atom. The van der Waals surface area contributed by atoms with E-state index in [4.69, 9.17) is 4.74 Å². The number of rotatable bonds is 4. The number of ether oxygens (including phenoxy) is 1. The molecule has 0 bridgehead atoms. The molecular formula is C18H23N5O4S. The Labute approximate surface area is 167 Å². The highest BCUT2D eigenvalue weighted by Crippen LogP contribution is 2.47. The van der Waals surface area contributed by atoms with E-state index in [9.17, 15) is 14.4 Å². The summed E-state index contributed by atoms with van der Waals surface area (Å²) in [6.45, 7) is 4.00. The molecule has 0 N–H and O–H groups in total. The van der Waals surface area contributed by atoms with Gasteiger partial charge in [0, 0.05) is 50.7 Å². The van der Waals surface area contributed by atoms with E-state index >= 15 is 0 Å². The standard InChI is InChI=1S/C18H23N5O4S/c1-18-4-3-14(24)23(18)13(12-28-18)16(26)27-11-15(25)21-7-9-22(10-8-21)17-19-5-2-6-20-17/h2,5-6,13H,3-4,7-12H2,1H3/t13-,18+/m1/s1. The van der Waals surface area contributed by atoms with Gasteiger partial charge in [0.25, 0.3) is 5.91 Å². The van der Waals surface area contributed by atoms with Crippen LogP contribution >= 0.6 is 11.8 Å². The lowest BCUT2D eigenvalue weighted by Gasteiger charge is -2.34. The predicted molar refractivity (Wildman–Crippen MR) is 103 cm³/mol. The number of aromatic nitrogens is 2. The molecule has 0 aromatic carbocycles. The normalized spacial score (nSPS) is 27.1. The summed E-state index contributed by atoms with van der Waals surface area (Å²) in [7, 11) is 0. The van der Waals surface area contributed by atoms with Crippen LogP contribution in [0.4, 0.5) is 5.95 Å². The van der Waals surface area contributed by atoms with Gasteiger partial charge in [-0.25, -0.2) is 14.8 Å². The molecule has 0 radical (unpaired) electrons. The first-order valence-corrected chi connectivity index (χ1v) is 10.4. The second-order valence-corrected chi connectivity index (χ2v) is 8.79. The highest BCUT2D eigenvalue weighted by molar-refractivity contribution is 8.01. The van der Waals surface area contributed by atoms with E-state index in [1.165, 1.54) is 0 Å². The number of carbonyl (C=O) groups is 3. The van der Waals surface area contributed by atoms with Gasteiger partial charge in [-0.15, -0.1) is 11.8 Å². The molecule has 28 heavy (non-hydrogen) atoms. The number of piperazine rings is 1. The van der Waals surface area contributed by atoms with Gasteiger partial charge in [0.2, 0.25) is 11.9 Å². The molecule has 3 aliphatic rings. The fourth-order valence-corrected chi connectivity index (χ4v) is 5.34. The van der Waals surface area contributed by atoms with E-state index in [0.717, 1.165) is 6.42 Å². The maximum Gasteiger partial charge on any atom is 0.330 e. The van der Waals surface area contributed by atoms with Crippen molar-refractivity contribution in [2.45, 2.75) is 30.7 Å². The van der Waals surface area contributed by atoms with Crippen molar-refractivity contribution in [2.24, 2.45) is 0 Å². The summed E-state index contributed by atoms with van der Waals surface area (Å²) >= 11 is 1.61. The number of anilines is 1. The Hall–Kier alpha value is -2.36. The second-order valence-electron chi connectivity index (χ2n) is 7.29. The van der Waals surface area contributed by atoms with Crippen LogP contribution in [0.5, 0.6) is 0 Å². The SMILES string of the molecule is C[C@]12CCC(=O)N1[C@@H](C(=O)OCC(=O)N1CCN(c3ncccn3)CC1)CS2. The molecule has 10 heteroatoms. The number of hydrogen-bond donors (Lipinski definition) is 0. The smallest absolute Gasteiger partial charge is 0.330 e. The van der Waals surface area contributed by atoms with Crippen molar-refractivity contribution in [1.82, 2.24) is 19.8 Å². The molecule has 3 saturated heterocycles. The van der Waals surface area contributed by atoms with Crippen molar-refractivity contribution in [3.63, 3.8) is 0 Å². The van der Waals surface area contributed by atoms with Crippen molar-refractivity contribution in [2.75, 3.05) is 43.4 Å². The highest BCUT2D eigenvalue weighted by Gasteiger charge is 2.53. The van der Waals surface area contributed by atoms with E-state index in [-0.39, 0.29) is 23.3 Å². The van der Waals surface area contributed by atoms with Gasteiger partial charge in [0.15, 0.2) is 6.61 Å². The number of carbonyl (C=O) groups excluding carboxylic acids is 3. The summed E-state index contributed by atoms with van der Waals surface area (Å²) in [5.74, 6) is 0.447. The summed E-state index contributed by atoms with van der Waals surface area (Å²) in [6.07, 6.45) is 4.59. The molecule has 0 spiro atoms. The maximum atomic E-state index is 12.5. The summed E-state index contributed by atoms with van der Waals surface area (Å²) < 4.78 is 5.28. The van der Waals surface area contributed by atoms with Gasteiger partial charge in [-0.1, -0.05) is 0 Å². The topological polar surface area (TPSA) is 95.9 Å². The molecule has 1 aromatic heterocycles. The van der Waals surface area contributed by atoms with Crippen LogP contribution < -0.4 is 4.90 Å². The average molecular weight is 405 g/mol. The number of amides is 2. The van der Waals surface area contributed by atoms with Crippen molar-refractivity contribution in [3.05, 3.63) is 18.5 Å². The minimum absolute atomic E-state index is 0.0139. The molecule has 4 rings (SSSR count). The van der Waals surface area contributed by atoms with Gasteiger partial charge in [-0.2, -0.15) is 0 Å². The molecule has 9 nitrogen and oxygen atoms in total. The first-order chi connectivity index (χ1) is 13.5. The molecule has 0 aliphatic carbocycles. The maximum absolute atomic E-state index is 12.5. The first kappa shape index (κ1) is 19.0. The monoisotopic (exact) mass is 405 g/mol. The predicted octanol–water partition coefficient (Wildman–Crippen LogP) is 0.122. The van der Waals surface area contributed by atoms with Crippen LogP contribution in [0, 0.1) is 0 Å². The number of hydrogen-bond acceptors (Lipinski definition) is 8. The van der Waals surface area contributed by atoms with E-state index in [2.05, 4.69) is 9.97 Å². The van der Waals surface area contributed by atoms with E-state index in [1.54, 1.807) is 40.0 Å². The van der Waals surface area contributed by atoms with Crippen molar-refractivity contribution in [1.29, 1.82) is 0 Å². The molecule has 150 valence electrons. The Kier molecular flexibility index (Phi) is 5.13. The van der Waals surface area contributed by atoms with Crippen LogP contribution in [-0.2, 0) is 19.1 Å². The molecule has 1 aromatic rings. The number of esters is 1. The summed E-state index contributed by atoms with van der Waals surface area (Å²) in [4.78, 5) is 50.5. The molecule has 3 fully saturated rings. The Balaban J connectivity index is 1.26. The van der Waals surface area contributed by atoms with Crippen LogP contribution in [0.1, 0.15) is 19.8 Å². The van der Waals surface area contributed by atoms with Crippen LogP contribution in [0.3, 0.4) is 0 Å². The highest BCUT2D eigenvalue weighted by atomic mass is 32.2. The lowest BCUT2D eigenvalue weighted by atomic mass is 10.2. The zero-order valence-electron chi connectivity index (χ0n) is 15.7. The van der Waals surface area contributed by atoms with Crippen LogP contribution in [-0.4, -0.2) is 87.0 Å². The number of fused-ring (bicyclic) bond motifs is 1. The summed E-state index contributed by atoms with van der Waals surface area (Å²) in [6, 6.07) is 1.17. The number of nitrogens with zero attached hydrogens (tertiary/aromatic N) is 5. The van der Waals surface area contributed by atoms with Gasteiger partial charge >= 0.3 is 5.97 Å². The second kappa shape index (κ2) is 7.57. The number of thioether (sulfide) groups is 1. The third kappa shape index (κ3) is 3.52. The van der Waals surface area contributed by atoms with Crippen molar-refractivity contribution >= 4 is 35.5 Å². The third-order valence-electron chi connectivity index (χ3n) is 5.52. The van der Waals surface area contributed by atoms with Gasteiger partial charge < -0.3 is 19.4 Å². The van der Waals surface area contributed by atoms with E-state index in [1.807, 2.05) is 11.8 Å². The van der Waals surface area contributed by atoms with Crippen LogP contribution in [0.25, 0.3) is 0 Å². The molecule has 2 amide bonds. The van der Waals surface area contributed by atoms with Crippen molar-refractivity contribution < 1.29 is 19.1 Å². The average Bonchev–Trinajstić information content (AvgIpc) is 3.22. The quantitative estimate of drug-likeness (QED) is 0.652. The van der Waals surface area contributed by atoms with Crippen LogP contribution in [0.15, 0.2) is 18.5 Å².